The molecule has 1 aromatic heterocycles. The average Bonchev–Trinajstić information content (AvgIpc) is 3.08. The van der Waals surface area contributed by atoms with Crippen molar-refractivity contribution in [3.63, 3.8) is 0 Å². The normalized spacial score (nSPS) is 17.7. The second-order valence-electron chi connectivity index (χ2n) is 6.94. The van der Waals surface area contributed by atoms with E-state index in [4.69, 9.17) is 5.73 Å². The SMILES string of the molecule is Cc1nnc(CCC(CCN)C(C)(C)C)n1C1CC1. The van der Waals surface area contributed by atoms with Crippen LogP contribution >= 0.6 is 0 Å². The third kappa shape index (κ3) is 3.56. The fourth-order valence-electron chi connectivity index (χ4n) is 2.91. The Morgan fingerprint density at radius 1 is 1.26 bits per heavy atom. The molecule has 0 bridgehead atoms. The van der Waals surface area contributed by atoms with Crippen molar-refractivity contribution in [3.05, 3.63) is 11.6 Å². The summed E-state index contributed by atoms with van der Waals surface area (Å²) >= 11 is 0. The third-order valence-corrected chi connectivity index (χ3v) is 4.31. The molecule has 1 aliphatic rings. The predicted molar refractivity (Wildman–Crippen MR) is 78.0 cm³/mol. The van der Waals surface area contributed by atoms with E-state index in [1.807, 2.05) is 0 Å². The molecule has 1 fully saturated rings. The molecule has 108 valence electrons. The Bertz CT molecular complexity index is 412. The molecular formula is C15H28N4. The Morgan fingerprint density at radius 2 is 1.95 bits per heavy atom. The standard InChI is InChI=1S/C15H28N4/c1-11-17-18-14(19(11)13-6-7-13)8-5-12(9-10-16)15(2,3)4/h12-13H,5-10,16H2,1-4H3. The number of nitrogens with two attached hydrogens (primary N) is 1. The van der Waals surface area contributed by atoms with Crippen LogP contribution in [0.4, 0.5) is 0 Å². The first kappa shape index (κ1) is 14.5. The van der Waals surface area contributed by atoms with Crippen LogP contribution in [0.25, 0.3) is 0 Å². The van der Waals surface area contributed by atoms with Crippen molar-refractivity contribution in [2.45, 2.75) is 65.8 Å². The van der Waals surface area contributed by atoms with E-state index in [2.05, 4.69) is 42.5 Å². The molecule has 0 aromatic carbocycles. The van der Waals surface area contributed by atoms with Gasteiger partial charge < -0.3 is 10.3 Å². The monoisotopic (exact) mass is 264 g/mol. The van der Waals surface area contributed by atoms with Crippen LogP contribution in [0.1, 0.15) is 64.1 Å². The van der Waals surface area contributed by atoms with Gasteiger partial charge in [0.15, 0.2) is 0 Å². The molecular weight excluding hydrogens is 236 g/mol. The second-order valence-corrected chi connectivity index (χ2v) is 6.94. The highest BCUT2D eigenvalue weighted by molar-refractivity contribution is 5.02. The summed E-state index contributed by atoms with van der Waals surface area (Å²) in [6.07, 6.45) is 5.86. The highest BCUT2D eigenvalue weighted by Crippen LogP contribution is 2.37. The number of nitrogens with zero attached hydrogens (tertiary/aromatic N) is 3. The lowest BCUT2D eigenvalue weighted by molar-refractivity contribution is 0.213. The lowest BCUT2D eigenvalue weighted by atomic mass is 9.76. The minimum atomic E-state index is 0.318. The lowest BCUT2D eigenvalue weighted by Gasteiger charge is -2.30. The van der Waals surface area contributed by atoms with Crippen LogP contribution in [-0.2, 0) is 6.42 Å². The zero-order chi connectivity index (χ0) is 14.0. The Labute approximate surface area is 116 Å². The first-order valence-electron chi connectivity index (χ1n) is 7.54. The van der Waals surface area contributed by atoms with Gasteiger partial charge >= 0.3 is 0 Å². The maximum atomic E-state index is 5.75. The summed E-state index contributed by atoms with van der Waals surface area (Å²) in [5.41, 5.74) is 6.07. The largest absolute Gasteiger partial charge is 0.330 e. The summed E-state index contributed by atoms with van der Waals surface area (Å²) in [5.74, 6) is 2.90. The minimum absolute atomic E-state index is 0.318. The summed E-state index contributed by atoms with van der Waals surface area (Å²) in [6.45, 7) is 9.77. The van der Waals surface area contributed by atoms with E-state index >= 15 is 0 Å². The molecule has 0 amide bonds. The van der Waals surface area contributed by atoms with Crippen molar-refractivity contribution in [3.8, 4) is 0 Å². The van der Waals surface area contributed by atoms with Crippen LogP contribution in [0.5, 0.6) is 0 Å². The quantitative estimate of drug-likeness (QED) is 0.859. The highest BCUT2D eigenvalue weighted by Gasteiger charge is 2.29. The van der Waals surface area contributed by atoms with E-state index < -0.39 is 0 Å². The first-order valence-corrected chi connectivity index (χ1v) is 7.54. The molecule has 1 unspecified atom stereocenters. The maximum Gasteiger partial charge on any atom is 0.133 e. The number of rotatable bonds is 6. The Kier molecular flexibility index (Phi) is 4.29. The fraction of sp³-hybridized carbons (Fsp3) is 0.867. The van der Waals surface area contributed by atoms with Gasteiger partial charge in [-0.1, -0.05) is 20.8 Å². The van der Waals surface area contributed by atoms with Gasteiger partial charge in [-0.3, -0.25) is 0 Å². The third-order valence-electron chi connectivity index (χ3n) is 4.31. The Morgan fingerprint density at radius 3 is 2.47 bits per heavy atom. The van der Waals surface area contributed by atoms with E-state index in [-0.39, 0.29) is 0 Å². The molecule has 4 nitrogen and oxygen atoms in total. The molecule has 2 rings (SSSR count). The van der Waals surface area contributed by atoms with Gasteiger partial charge in [-0.15, -0.1) is 10.2 Å². The number of hydrogen-bond acceptors (Lipinski definition) is 3. The van der Waals surface area contributed by atoms with Crippen molar-refractivity contribution >= 4 is 0 Å². The summed E-state index contributed by atoms with van der Waals surface area (Å²) in [5, 5.41) is 8.63. The van der Waals surface area contributed by atoms with Crippen molar-refractivity contribution < 1.29 is 0 Å². The fourth-order valence-corrected chi connectivity index (χ4v) is 2.91. The molecule has 1 saturated carbocycles. The van der Waals surface area contributed by atoms with Crippen LogP contribution in [0.2, 0.25) is 0 Å². The van der Waals surface area contributed by atoms with Crippen molar-refractivity contribution in [2.24, 2.45) is 17.1 Å². The first-order chi connectivity index (χ1) is 8.93. The predicted octanol–water partition coefficient (Wildman–Crippen LogP) is 2.87. The highest BCUT2D eigenvalue weighted by atomic mass is 15.3. The van der Waals surface area contributed by atoms with Gasteiger partial charge in [0.1, 0.15) is 11.6 Å². The smallest absolute Gasteiger partial charge is 0.133 e. The van der Waals surface area contributed by atoms with Gasteiger partial charge in [0.25, 0.3) is 0 Å². The van der Waals surface area contributed by atoms with Gasteiger partial charge in [-0.2, -0.15) is 0 Å². The van der Waals surface area contributed by atoms with Crippen molar-refractivity contribution in [1.29, 1.82) is 0 Å². The van der Waals surface area contributed by atoms with Gasteiger partial charge in [0, 0.05) is 12.5 Å². The van der Waals surface area contributed by atoms with Crippen molar-refractivity contribution in [1.82, 2.24) is 14.8 Å². The van der Waals surface area contributed by atoms with Crippen LogP contribution in [0.15, 0.2) is 0 Å². The van der Waals surface area contributed by atoms with Gasteiger partial charge in [0.05, 0.1) is 0 Å². The van der Waals surface area contributed by atoms with E-state index in [0.717, 1.165) is 31.6 Å². The molecule has 2 N–H and O–H groups in total. The Balaban J connectivity index is 2.01. The summed E-state index contributed by atoms with van der Waals surface area (Å²) in [7, 11) is 0. The topological polar surface area (TPSA) is 56.7 Å². The van der Waals surface area contributed by atoms with Crippen LogP contribution in [-0.4, -0.2) is 21.3 Å². The molecule has 19 heavy (non-hydrogen) atoms. The molecule has 4 heteroatoms. The van der Waals surface area contributed by atoms with E-state index in [1.165, 1.54) is 18.7 Å². The molecule has 1 aromatic rings. The number of hydrogen-bond donors (Lipinski definition) is 1. The lowest BCUT2D eigenvalue weighted by Crippen LogP contribution is -2.24. The van der Waals surface area contributed by atoms with Gasteiger partial charge in [-0.05, 0) is 50.5 Å². The summed E-state index contributed by atoms with van der Waals surface area (Å²) in [6, 6.07) is 0.674. The molecule has 0 aliphatic heterocycles. The van der Waals surface area contributed by atoms with Crippen LogP contribution in [0, 0.1) is 18.3 Å². The van der Waals surface area contributed by atoms with E-state index in [1.54, 1.807) is 0 Å². The van der Waals surface area contributed by atoms with Crippen molar-refractivity contribution in [2.75, 3.05) is 6.54 Å². The molecule has 0 saturated heterocycles. The van der Waals surface area contributed by atoms with E-state index in [9.17, 15) is 0 Å². The summed E-state index contributed by atoms with van der Waals surface area (Å²) in [4.78, 5) is 0. The minimum Gasteiger partial charge on any atom is -0.330 e. The maximum absolute atomic E-state index is 5.75. The van der Waals surface area contributed by atoms with Crippen LogP contribution < -0.4 is 5.73 Å². The summed E-state index contributed by atoms with van der Waals surface area (Å²) < 4.78 is 2.35. The zero-order valence-electron chi connectivity index (χ0n) is 12.8. The van der Waals surface area contributed by atoms with Gasteiger partial charge in [0.2, 0.25) is 0 Å². The number of aryl methyl sites for hydroxylation is 2. The van der Waals surface area contributed by atoms with E-state index in [0.29, 0.717) is 17.4 Å². The van der Waals surface area contributed by atoms with Gasteiger partial charge in [-0.25, -0.2) is 0 Å². The van der Waals surface area contributed by atoms with Crippen LogP contribution in [0.3, 0.4) is 0 Å². The molecule has 1 aliphatic carbocycles. The molecule has 0 spiro atoms. The molecule has 0 radical (unpaired) electrons. The second kappa shape index (κ2) is 5.61. The average molecular weight is 264 g/mol. The Hall–Kier alpha value is -0.900. The molecule has 1 heterocycles. The molecule has 1 atom stereocenters. The zero-order valence-corrected chi connectivity index (χ0v) is 12.8. The number of aromatic nitrogens is 3.